The van der Waals surface area contributed by atoms with Crippen molar-refractivity contribution in [1.29, 1.82) is 0 Å². The molecule has 0 aliphatic heterocycles. The van der Waals surface area contributed by atoms with Gasteiger partial charge in [-0.15, -0.1) is 0 Å². The predicted octanol–water partition coefficient (Wildman–Crippen LogP) is 0.230. The van der Waals surface area contributed by atoms with Gasteiger partial charge in [-0.3, -0.25) is 4.79 Å². The van der Waals surface area contributed by atoms with E-state index in [9.17, 15) is 9.59 Å². The summed E-state index contributed by atoms with van der Waals surface area (Å²) < 4.78 is 6.55. The third-order valence-corrected chi connectivity index (χ3v) is 2.04. The van der Waals surface area contributed by atoms with Gasteiger partial charge in [0.15, 0.2) is 0 Å². The highest BCUT2D eigenvalue weighted by Gasteiger charge is 2.16. The number of primary amides is 1. The molecule has 0 saturated carbocycles. The van der Waals surface area contributed by atoms with Crippen molar-refractivity contribution in [2.75, 3.05) is 6.61 Å². The van der Waals surface area contributed by atoms with E-state index in [0.29, 0.717) is 17.9 Å². The third kappa shape index (κ3) is 2.59. The van der Waals surface area contributed by atoms with Crippen molar-refractivity contribution in [2.45, 2.75) is 13.3 Å². The fourth-order valence-corrected chi connectivity index (χ4v) is 1.34. The zero-order chi connectivity index (χ0) is 11.4. The van der Waals surface area contributed by atoms with E-state index in [2.05, 4.69) is 0 Å². The standard InChI is InChI=1S/C10H14N2O3/c1-3-15-10(14)7-4-5-12(2)8(7)6-9(11)13/h4-5H,3,6H2,1-2H3,(H2,11,13). The molecule has 0 aromatic carbocycles. The van der Waals surface area contributed by atoms with Crippen LogP contribution in [-0.4, -0.2) is 23.1 Å². The molecule has 1 amide bonds. The van der Waals surface area contributed by atoms with Crippen LogP contribution in [0.1, 0.15) is 23.0 Å². The van der Waals surface area contributed by atoms with Gasteiger partial charge in [-0.25, -0.2) is 4.79 Å². The van der Waals surface area contributed by atoms with Crippen molar-refractivity contribution in [3.05, 3.63) is 23.5 Å². The largest absolute Gasteiger partial charge is 0.462 e. The highest BCUT2D eigenvalue weighted by molar-refractivity contribution is 5.92. The van der Waals surface area contributed by atoms with Crippen molar-refractivity contribution in [3.63, 3.8) is 0 Å². The summed E-state index contributed by atoms with van der Waals surface area (Å²) in [6.45, 7) is 2.04. The Bertz CT molecular complexity index is 382. The van der Waals surface area contributed by atoms with Gasteiger partial charge in [-0.1, -0.05) is 0 Å². The summed E-state index contributed by atoms with van der Waals surface area (Å²) >= 11 is 0. The van der Waals surface area contributed by atoms with Crippen LogP contribution in [-0.2, 0) is 23.0 Å². The highest BCUT2D eigenvalue weighted by Crippen LogP contribution is 2.12. The summed E-state index contributed by atoms with van der Waals surface area (Å²) in [5.74, 6) is -0.892. The summed E-state index contributed by atoms with van der Waals surface area (Å²) in [7, 11) is 1.75. The molecule has 0 radical (unpaired) electrons. The van der Waals surface area contributed by atoms with E-state index in [1.165, 1.54) is 0 Å². The summed E-state index contributed by atoms with van der Waals surface area (Å²) in [4.78, 5) is 22.3. The van der Waals surface area contributed by atoms with E-state index >= 15 is 0 Å². The van der Waals surface area contributed by atoms with E-state index in [1.54, 1.807) is 30.8 Å². The van der Waals surface area contributed by atoms with Crippen LogP contribution in [0, 0.1) is 0 Å². The second-order valence-corrected chi connectivity index (χ2v) is 3.15. The lowest BCUT2D eigenvalue weighted by Crippen LogP contribution is -2.18. The molecule has 0 saturated heterocycles. The fraction of sp³-hybridized carbons (Fsp3) is 0.400. The first-order valence-corrected chi connectivity index (χ1v) is 4.65. The number of aryl methyl sites for hydroxylation is 1. The molecule has 0 aliphatic rings. The molecule has 0 bridgehead atoms. The first kappa shape index (κ1) is 11.3. The number of esters is 1. The van der Waals surface area contributed by atoms with Crippen LogP contribution in [0.15, 0.2) is 12.3 Å². The lowest BCUT2D eigenvalue weighted by atomic mass is 10.2. The highest BCUT2D eigenvalue weighted by atomic mass is 16.5. The first-order chi connectivity index (χ1) is 7.06. The number of nitrogens with zero attached hydrogens (tertiary/aromatic N) is 1. The summed E-state index contributed by atoms with van der Waals surface area (Å²) in [6, 6.07) is 1.62. The predicted molar refractivity (Wildman–Crippen MR) is 54.3 cm³/mol. The second-order valence-electron chi connectivity index (χ2n) is 3.15. The zero-order valence-electron chi connectivity index (χ0n) is 8.82. The molecule has 0 fully saturated rings. The summed E-state index contributed by atoms with van der Waals surface area (Å²) in [6.07, 6.45) is 1.74. The number of ether oxygens (including phenoxy) is 1. The Morgan fingerprint density at radius 2 is 2.20 bits per heavy atom. The monoisotopic (exact) mass is 210 g/mol. The Morgan fingerprint density at radius 1 is 1.53 bits per heavy atom. The van der Waals surface area contributed by atoms with E-state index in [1.807, 2.05) is 0 Å². The maximum Gasteiger partial charge on any atom is 0.339 e. The molecule has 15 heavy (non-hydrogen) atoms. The van der Waals surface area contributed by atoms with Crippen LogP contribution in [0.5, 0.6) is 0 Å². The second kappa shape index (κ2) is 4.63. The zero-order valence-corrected chi connectivity index (χ0v) is 8.82. The molecule has 1 heterocycles. The number of carbonyl (C=O) groups is 2. The van der Waals surface area contributed by atoms with Crippen molar-refractivity contribution >= 4 is 11.9 Å². The Kier molecular flexibility index (Phi) is 3.49. The normalized spacial score (nSPS) is 10.0. The smallest absolute Gasteiger partial charge is 0.339 e. The van der Waals surface area contributed by atoms with Gasteiger partial charge in [0.05, 0.1) is 18.6 Å². The molecule has 5 heteroatoms. The van der Waals surface area contributed by atoms with E-state index in [4.69, 9.17) is 10.5 Å². The number of nitrogens with two attached hydrogens (primary N) is 1. The number of carbonyl (C=O) groups excluding carboxylic acids is 2. The Morgan fingerprint density at radius 3 is 2.73 bits per heavy atom. The van der Waals surface area contributed by atoms with E-state index in [-0.39, 0.29) is 6.42 Å². The van der Waals surface area contributed by atoms with Crippen molar-refractivity contribution < 1.29 is 14.3 Å². The minimum absolute atomic E-state index is 0.0393. The Balaban J connectivity index is 2.97. The molecule has 5 nitrogen and oxygen atoms in total. The quantitative estimate of drug-likeness (QED) is 0.723. The van der Waals surface area contributed by atoms with Gasteiger partial charge >= 0.3 is 5.97 Å². The minimum atomic E-state index is -0.470. The van der Waals surface area contributed by atoms with Gasteiger partial charge < -0.3 is 15.0 Å². The van der Waals surface area contributed by atoms with E-state index in [0.717, 1.165) is 0 Å². The van der Waals surface area contributed by atoms with Crippen LogP contribution >= 0.6 is 0 Å². The minimum Gasteiger partial charge on any atom is -0.462 e. The van der Waals surface area contributed by atoms with Crippen LogP contribution in [0.2, 0.25) is 0 Å². The summed E-state index contributed by atoms with van der Waals surface area (Å²) in [5, 5.41) is 0. The van der Waals surface area contributed by atoms with Gasteiger partial charge in [0.1, 0.15) is 0 Å². The van der Waals surface area contributed by atoms with Gasteiger partial charge in [0.25, 0.3) is 0 Å². The molecule has 0 aliphatic carbocycles. The molecule has 2 N–H and O–H groups in total. The number of hydrogen-bond donors (Lipinski definition) is 1. The molecule has 1 aromatic rings. The molecule has 1 aromatic heterocycles. The maximum atomic E-state index is 11.5. The summed E-state index contributed by atoms with van der Waals surface area (Å²) in [5.41, 5.74) is 6.08. The average molecular weight is 210 g/mol. The lowest BCUT2D eigenvalue weighted by Gasteiger charge is -2.05. The third-order valence-electron chi connectivity index (χ3n) is 2.04. The fourth-order valence-electron chi connectivity index (χ4n) is 1.34. The van der Waals surface area contributed by atoms with Gasteiger partial charge in [-0.2, -0.15) is 0 Å². The van der Waals surface area contributed by atoms with Crippen molar-refractivity contribution in [2.24, 2.45) is 12.8 Å². The SMILES string of the molecule is CCOC(=O)c1ccn(C)c1CC(N)=O. The number of hydrogen-bond acceptors (Lipinski definition) is 3. The Labute approximate surface area is 87.8 Å². The van der Waals surface area contributed by atoms with Crippen LogP contribution in [0.4, 0.5) is 0 Å². The van der Waals surface area contributed by atoms with Gasteiger partial charge in [-0.05, 0) is 13.0 Å². The molecular weight excluding hydrogens is 196 g/mol. The number of aromatic nitrogens is 1. The van der Waals surface area contributed by atoms with Crippen LogP contribution in [0.3, 0.4) is 0 Å². The average Bonchev–Trinajstić information content (AvgIpc) is 2.48. The molecule has 1 rings (SSSR count). The molecular formula is C10H14N2O3. The van der Waals surface area contributed by atoms with Crippen LogP contribution in [0.25, 0.3) is 0 Å². The van der Waals surface area contributed by atoms with E-state index < -0.39 is 11.9 Å². The van der Waals surface area contributed by atoms with Crippen molar-refractivity contribution in [3.8, 4) is 0 Å². The first-order valence-electron chi connectivity index (χ1n) is 4.65. The topological polar surface area (TPSA) is 74.3 Å². The Hall–Kier alpha value is -1.78. The van der Waals surface area contributed by atoms with Gasteiger partial charge in [0, 0.05) is 18.9 Å². The lowest BCUT2D eigenvalue weighted by molar-refractivity contribution is -0.117. The van der Waals surface area contributed by atoms with Gasteiger partial charge in [0.2, 0.25) is 5.91 Å². The number of amides is 1. The molecule has 0 spiro atoms. The van der Waals surface area contributed by atoms with Crippen LogP contribution < -0.4 is 5.73 Å². The van der Waals surface area contributed by atoms with Crippen molar-refractivity contribution in [1.82, 2.24) is 4.57 Å². The molecule has 82 valence electrons. The number of rotatable bonds is 4. The maximum absolute atomic E-state index is 11.5. The molecule has 0 unspecified atom stereocenters. The molecule has 0 atom stereocenters.